The number of hydrogen-bond acceptors (Lipinski definition) is 4. The first-order chi connectivity index (χ1) is 7.97. The lowest BCUT2D eigenvalue weighted by atomic mass is 10.3. The number of aromatic amines is 1. The Hall–Kier alpha value is -1.37. The van der Waals surface area contributed by atoms with E-state index in [-0.39, 0.29) is 18.1 Å². The quantitative estimate of drug-likeness (QED) is 0.668. The van der Waals surface area contributed by atoms with E-state index in [1.807, 2.05) is 0 Å². The highest BCUT2D eigenvalue weighted by Crippen LogP contribution is 1.94. The number of nitrogens with one attached hydrogen (secondary N) is 2. The standard InChI is InChI=1S/C10H17N3O3S/c1-17(15,16)8-4-10(14)13-5-2-3-9-11-6-7-12-9/h6-7H,2-5,8H2,1H3,(H,11,12)(H,13,14). The third-order valence-corrected chi connectivity index (χ3v) is 3.11. The summed E-state index contributed by atoms with van der Waals surface area (Å²) in [7, 11) is -3.06. The van der Waals surface area contributed by atoms with Gasteiger partial charge in [-0.2, -0.15) is 0 Å². The number of H-pyrrole nitrogens is 1. The van der Waals surface area contributed by atoms with E-state index >= 15 is 0 Å². The highest BCUT2D eigenvalue weighted by molar-refractivity contribution is 7.90. The van der Waals surface area contributed by atoms with Gasteiger partial charge in [0.25, 0.3) is 0 Å². The maximum atomic E-state index is 11.3. The van der Waals surface area contributed by atoms with Crippen LogP contribution >= 0.6 is 0 Å². The molecule has 0 saturated carbocycles. The summed E-state index contributed by atoms with van der Waals surface area (Å²) in [6.45, 7) is 0.531. The van der Waals surface area contributed by atoms with Crippen molar-refractivity contribution in [3.63, 3.8) is 0 Å². The van der Waals surface area contributed by atoms with E-state index in [2.05, 4.69) is 15.3 Å². The number of imidazole rings is 1. The topological polar surface area (TPSA) is 91.9 Å². The molecular formula is C10H17N3O3S. The molecule has 0 aromatic carbocycles. The number of hydrogen-bond donors (Lipinski definition) is 2. The minimum atomic E-state index is -3.06. The number of aromatic nitrogens is 2. The molecule has 0 atom stereocenters. The molecule has 17 heavy (non-hydrogen) atoms. The van der Waals surface area contributed by atoms with Crippen molar-refractivity contribution in [2.45, 2.75) is 19.3 Å². The average Bonchev–Trinajstić information content (AvgIpc) is 2.73. The molecule has 0 aliphatic rings. The number of rotatable bonds is 7. The summed E-state index contributed by atoms with van der Waals surface area (Å²) >= 11 is 0. The lowest BCUT2D eigenvalue weighted by Crippen LogP contribution is -2.26. The molecule has 1 amide bonds. The number of carbonyl (C=O) groups excluding carboxylic acids is 1. The van der Waals surface area contributed by atoms with Crippen LogP contribution < -0.4 is 5.32 Å². The molecule has 1 heterocycles. The van der Waals surface area contributed by atoms with Crippen molar-refractivity contribution in [1.29, 1.82) is 0 Å². The Balaban J connectivity index is 2.08. The third-order valence-electron chi connectivity index (χ3n) is 2.17. The fraction of sp³-hybridized carbons (Fsp3) is 0.600. The van der Waals surface area contributed by atoms with Gasteiger partial charge in [-0.1, -0.05) is 0 Å². The maximum Gasteiger partial charge on any atom is 0.221 e. The van der Waals surface area contributed by atoms with E-state index in [0.717, 1.165) is 24.9 Å². The van der Waals surface area contributed by atoms with Crippen LogP contribution in [0.1, 0.15) is 18.7 Å². The van der Waals surface area contributed by atoms with E-state index in [4.69, 9.17) is 0 Å². The monoisotopic (exact) mass is 259 g/mol. The van der Waals surface area contributed by atoms with E-state index in [1.165, 1.54) is 0 Å². The molecule has 2 N–H and O–H groups in total. The first-order valence-corrected chi connectivity index (χ1v) is 7.46. The zero-order chi connectivity index (χ0) is 12.7. The summed E-state index contributed by atoms with van der Waals surface area (Å²) in [4.78, 5) is 18.3. The largest absolute Gasteiger partial charge is 0.356 e. The van der Waals surface area contributed by atoms with Gasteiger partial charge in [0.15, 0.2) is 0 Å². The van der Waals surface area contributed by atoms with Crippen molar-refractivity contribution in [2.75, 3.05) is 18.6 Å². The smallest absolute Gasteiger partial charge is 0.221 e. The van der Waals surface area contributed by atoms with E-state index in [1.54, 1.807) is 12.4 Å². The van der Waals surface area contributed by atoms with Crippen LogP contribution in [0.15, 0.2) is 12.4 Å². The van der Waals surface area contributed by atoms with Gasteiger partial charge in [-0.05, 0) is 6.42 Å². The molecular weight excluding hydrogens is 242 g/mol. The average molecular weight is 259 g/mol. The van der Waals surface area contributed by atoms with Crippen LogP contribution in [0, 0.1) is 0 Å². The van der Waals surface area contributed by atoms with Gasteiger partial charge in [0.1, 0.15) is 15.7 Å². The lowest BCUT2D eigenvalue weighted by Gasteiger charge is -2.03. The van der Waals surface area contributed by atoms with Crippen LogP contribution in [-0.2, 0) is 21.1 Å². The Labute approximate surface area is 101 Å². The summed E-state index contributed by atoms with van der Waals surface area (Å²) in [5, 5.41) is 2.67. The first kappa shape index (κ1) is 13.7. The Bertz CT molecular complexity index is 439. The second-order valence-electron chi connectivity index (χ2n) is 3.87. The predicted octanol–water partition coefficient (Wildman–Crippen LogP) is -0.107. The Morgan fingerprint density at radius 3 is 2.88 bits per heavy atom. The van der Waals surface area contributed by atoms with E-state index in [9.17, 15) is 13.2 Å². The molecule has 0 fully saturated rings. The number of nitrogens with zero attached hydrogens (tertiary/aromatic N) is 1. The van der Waals surface area contributed by atoms with Gasteiger partial charge in [0, 0.05) is 38.0 Å². The zero-order valence-corrected chi connectivity index (χ0v) is 10.6. The molecule has 0 saturated heterocycles. The zero-order valence-electron chi connectivity index (χ0n) is 9.77. The highest BCUT2D eigenvalue weighted by Gasteiger charge is 2.07. The van der Waals surface area contributed by atoms with Crippen LogP contribution in [0.25, 0.3) is 0 Å². The van der Waals surface area contributed by atoms with Crippen molar-refractivity contribution in [3.8, 4) is 0 Å². The van der Waals surface area contributed by atoms with Crippen LogP contribution in [0.2, 0.25) is 0 Å². The Kier molecular flexibility index (Phi) is 5.14. The maximum absolute atomic E-state index is 11.3. The van der Waals surface area contributed by atoms with Crippen molar-refractivity contribution in [1.82, 2.24) is 15.3 Å². The number of amides is 1. The van der Waals surface area contributed by atoms with Gasteiger partial charge in [0.2, 0.25) is 5.91 Å². The number of aryl methyl sites for hydroxylation is 1. The number of carbonyl (C=O) groups is 1. The van der Waals surface area contributed by atoms with Gasteiger partial charge in [-0.15, -0.1) is 0 Å². The molecule has 0 spiro atoms. The summed E-state index contributed by atoms with van der Waals surface area (Å²) in [5.41, 5.74) is 0. The summed E-state index contributed by atoms with van der Waals surface area (Å²) in [6, 6.07) is 0. The summed E-state index contributed by atoms with van der Waals surface area (Å²) in [6.07, 6.45) is 6.12. The van der Waals surface area contributed by atoms with Crippen LogP contribution in [0.5, 0.6) is 0 Å². The normalized spacial score (nSPS) is 11.4. The van der Waals surface area contributed by atoms with Crippen molar-refractivity contribution < 1.29 is 13.2 Å². The van der Waals surface area contributed by atoms with Gasteiger partial charge < -0.3 is 10.3 Å². The molecule has 0 unspecified atom stereocenters. The third kappa shape index (κ3) is 6.72. The molecule has 0 aliphatic heterocycles. The van der Waals surface area contributed by atoms with E-state index < -0.39 is 9.84 Å². The van der Waals surface area contributed by atoms with E-state index in [0.29, 0.717) is 6.54 Å². The van der Waals surface area contributed by atoms with Crippen molar-refractivity contribution >= 4 is 15.7 Å². The molecule has 0 bridgehead atoms. The summed E-state index contributed by atoms with van der Waals surface area (Å²) in [5.74, 6) is 0.557. The lowest BCUT2D eigenvalue weighted by molar-refractivity contribution is -0.120. The fourth-order valence-electron chi connectivity index (χ4n) is 1.28. The minimum Gasteiger partial charge on any atom is -0.356 e. The molecule has 96 valence electrons. The Morgan fingerprint density at radius 2 is 2.29 bits per heavy atom. The van der Waals surface area contributed by atoms with Gasteiger partial charge in [0.05, 0.1) is 5.75 Å². The van der Waals surface area contributed by atoms with Crippen LogP contribution in [0.3, 0.4) is 0 Å². The first-order valence-electron chi connectivity index (χ1n) is 5.40. The predicted molar refractivity (Wildman–Crippen MR) is 64.2 cm³/mol. The highest BCUT2D eigenvalue weighted by atomic mass is 32.2. The summed E-state index contributed by atoms with van der Waals surface area (Å²) < 4.78 is 21.7. The Morgan fingerprint density at radius 1 is 1.53 bits per heavy atom. The van der Waals surface area contributed by atoms with Crippen LogP contribution in [0.4, 0.5) is 0 Å². The molecule has 1 aromatic heterocycles. The molecule has 0 aliphatic carbocycles. The molecule has 1 aromatic rings. The van der Waals surface area contributed by atoms with Crippen LogP contribution in [-0.4, -0.2) is 42.8 Å². The van der Waals surface area contributed by atoms with Gasteiger partial charge in [-0.3, -0.25) is 4.79 Å². The van der Waals surface area contributed by atoms with Crippen molar-refractivity contribution in [2.24, 2.45) is 0 Å². The second kappa shape index (κ2) is 6.39. The molecule has 7 heteroatoms. The minimum absolute atomic E-state index is 0.0274. The number of sulfone groups is 1. The van der Waals surface area contributed by atoms with Gasteiger partial charge >= 0.3 is 0 Å². The molecule has 1 rings (SSSR count). The molecule has 6 nitrogen and oxygen atoms in total. The van der Waals surface area contributed by atoms with Gasteiger partial charge in [-0.25, -0.2) is 13.4 Å². The SMILES string of the molecule is CS(=O)(=O)CCC(=O)NCCCc1ncc[nH]1. The molecule has 0 radical (unpaired) electrons. The van der Waals surface area contributed by atoms with Crippen molar-refractivity contribution in [3.05, 3.63) is 18.2 Å². The second-order valence-corrected chi connectivity index (χ2v) is 6.13. The fourth-order valence-corrected chi connectivity index (χ4v) is 1.84.